The molecule has 1 aliphatic heterocycles. The molecule has 1 unspecified atom stereocenters. The normalized spacial score (nSPS) is 22.9. The van der Waals surface area contributed by atoms with E-state index in [1.165, 1.54) is 6.07 Å². The number of hydrogen-bond acceptors (Lipinski definition) is 6. The average molecular weight is 255 g/mol. The van der Waals surface area contributed by atoms with Crippen molar-refractivity contribution < 1.29 is 18.9 Å². The first-order chi connectivity index (χ1) is 8.61. The number of amides is 1. The third-order valence-electron chi connectivity index (χ3n) is 2.77. The number of hydrogen-bond donors (Lipinski definition) is 2. The highest BCUT2D eigenvalue weighted by Crippen LogP contribution is 2.16. The van der Waals surface area contributed by atoms with Gasteiger partial charge in [0.15, 0.2) is 5.76 Å². The fraction of sp³-hybridized carbons (Fsp3) is 0.500. The van der Waals surface area contributed by atoms with Crippen molar-refractivity contribution in [1.29, 1.82) is 0 Å². The molecule has 1 aliphatic rings. The van der Waals surface area contributed by atoms with Gasteiger partial charge in [-0.15, -0.1) is 0 Å². The van der Waals surface area contributed by atoms with Crippen molar-refractivity contribution >= 4 is 11.8 Å². The number of carbonyl (C=O) groups is 1. The summed E-state index contributed by atoms with van der Waals surface area (Å²) in [6.45, 7) is 1.24. The summed E-state index contributed by atoms with van der Waals surface area (Å²) in [5, 5.41) is 16.2. The summed E-state index contributed by atoms with van der Waals surface area (Å²) in [5.41, 5.74) is 0. The quantitative estimate of drug-likeness (QED) is 0.575. The van der Waals surface area contributed by atoms with E-state index in [4.69, 9.17) is 9.15 Å². The molecule has 1 saturated heterocycles. The summed E-state index contributed by atoms with van der Waals surface area (Å²) in [6.07, 6.45) is -0.112. The molecule has 8 heteroatoms. The number of ether oxygens (including phenoxy) is 1. The zero-order chi connectivity index (χ0) is 13.1. The van der Waals surface area contributed by atoms with Gasteiger partial charge in [-0.05, 0) is 6.07 Å². The average Bonchev–Trinajstić information content (AvgIpc) is 2.96. The molecule has 0 aliphatic carbocycles. The number of carbonyl (C=O) groups excluding carboxylic acids is 1. The second-order valence-electron chi connectivity index (χ2n) is 3.91. The predicted octanol–water partition coefficient (Wildman–Crippen LogP) is -0.0956. The fourth-order valence-electron chi connectivity index (χ4n) is 1.83. The maximum atomic E-state index is 11.8. The lowest BCUT2D eigenvalue weighted by Gasteiger charge is -2.17. The van der Waals surface area contributed by atoms with Gasteiger partial charge >= 0.3 is 5.88 Å². The van der Waals surface area contributed by atoms with E-state index in [-0.39, 0.29) is 17.9 Å². The third kappa shape index (κ3) is 2.49. The number of methoxy groups -OCH3 is 1. The van der Waals surface area contributed by atoms with Crippen molar-refractivity contribution in [3.8, 4) is 0 Å². The first kappa shape index (κ1) is 12.5. The van der Waals surface area contributed by atoms with E-state index in [0.717, 1.165) is 6.07 Å². The van der Waals surface area contributed by atoms with Crippen molar-refractivity contribution in [2.75, 3.05) is 20.2 Å². The molecule has 1 aromatic rings. The highest BCUT2D eigenvalue weighted by Gasteiger charge is 2.29. The Hall–Kier alpha value is -1.93. The highest BCUT2D eigenvalue weighted by atomic mass is 16.6. The SMILES string of the molecule is CO[C@@H]1CNCC1NC(=O)c1ccc([N+](=O)[O-])o1. The molecule has 2 heterocycles. The van der Waals surface area contributed by atoms with E-state index in [2.05, 4.69) is 10.6 Å². The van der Waals surface area contributed by atoms with Gasteiger partial charge in [-0.2, -0.15) is 0 Å². The summed E-state index contributed by atoms with van der Waals surface area (Å²) in [5.74, 6) is -1.02. The zero-order valence-corrected chi connectivity index (χ0v) is 9.71. The Morgan fingerprint density at radius 2 is 2.39 bits per heavy atom. The maximum Gasteiger partial charge on any atom is 0.433 e. The van der Waals surface area contributed by atoms with Crippen molar-refractivity contribution in [3.05, 3.63) is 28.0 Å². The molecule has 1 aromatic heterocycles. The summed E-state index contributed by atoms with van der Waals surface area (Å²) in [4.78, 5) is 21.5. The Morgan fingerprint density at radius 3 is 3.00 bits per heavy atom. The van der Waals surface area contributed by atoms with Crippen LogP contribution in [0.15, 0.2) is 16.5 Å². The van der Waals surface area contributed by atoms with Crippen LogP contribution in [0.25, 0.3) is 0 Å². The second-order valence-corrected chi connectivity index (χ2v) is 3.91. The molecule has 2 atom stereocenters. The van der Waals surface area contributed by atoms with E-state index in [1.807, 2.05) is 0 Å². The maximum absolute atomic E-state index is 11.8. The van der Waals surface area contributed by atoms with Gasteiger partial charge in [-0.25, -0.2) is 0 Å². The molecule has 0 saturated carbocycles. The minimum Gasteiger partial charge on any atom is -0.395 e. The molecule has 18 heavy (non-hydrogen) atoms. The summed E-state index contributed by atoms with van der Waals surface area (Å²) >= 11 is 0. The molecular formula is C10H13N3O5. The van der Waals surface area contributed by atoms with Crippen LogP contribution in [0.3, 0.4) is 0 Å². The van der Waals surface area contributed by atoms with Gasteiger partial charge in [0.25, 0.3) is 5.91 Å². The van der Waals surface area contributed by atoms with Gasteiger partial charge < -0.3 is 19.8 Å². The molecule has 0 bridgehead atoms. The topological polar surface area (TPSA) is 107 Å². The van der Waals surface area contributed by atoms with Crippen molar-refractivity contribution in [3.63, 3.8) is 0 Å². The number of nitrogens with one attached hydrogen (secondary N) is 2. The molecule has 0 spiro atoms. The number of furan rings is 1. The minimum atomic E-state index is -0.689. The Bertz CT molecular complexity index is 458. The van der Waals surface area contributed by atoms with Crippen LogP contribution >= 0.6 is 0 Å². The standard InChI is InChI=1S/C10H13N3O5/c1-17-8-5-11-4-6(8)12-10(14)7-2-3-9(18-7)13(15)16/h2-3,6,8,11H,4-5H2,1H3,(H,12,14)/t6?,8-/m1/s1. The van der Waals surface area contributed by atoms with Crippen LogP contribution in [0.2, 0.25) is 0 Å². The Labute approximate surface area is 102 Å². The van der Waals surface area contributed by atoms with Crippen LogP contribution in [-0.4, -0.2) is 43.2 Å². The molecule has 2 N–H and O–H groups in total. The van der Waals surface area contributed by atoms with Gasteiger partial charge in [0.1, 0.15) is 4.92 Å². The van der Waals surface area contributed by atoms with E-state index in [1.54, 1.807) is 7.11 Å². The smallest absolute Gasteiger partial charge is 0.395 e. The Kier molecular flexibility index (Phi) is 3.58. The summed E-state index contributed by atoms with van der Waals surface area (Å²) in [7, 11) is 1.56. The van der Waals surface area contributed by atoms with E-state index < -0.39 is 16.7 Å². The van der Waals surface area contributed by atoms with Gasteiger partial charge in [0, 0.05) is 20.2 Å². The largest absolute Gasteiger partial charge is 0.433 e. The Morgan fingerprint density at radius 1 is 1.61 bits per heavy atom. The number of nitro groups is 1. The first-order valence-electron chi connectivity index (χ1n) is 5.40. The van der Waals surface area contributed by atoms with Crippen LogP contribution in [0.1, 0.15) is 10.6 Å². The molecule has 0 radical (unpaired) electrons. The van der Waals surface area contributed by atoms with Gasteiger partial charge in [0.2, 0.25) is 0 Å². The van der Waals surface area contributed by atoms with E-state index in [0.29, 0.717) is 13.1 Å². The molecule has 98 valence electrons. The van der Waals surface area contributed by atoms with Gasteiger partial charge in [-0.3, -0.25) is 14.9 Å². The molecule has 8 nitrogen and oxygen atoms in total. The van der Waals surface area contributed by atoms with Crippen LogP contribution in [-0.2, 0) is 4.74 Å². The lowest BCUT2D eigenvalue weighted by molar-refractivity contribution is -0.402. The summed E-state index contributed by atoms with van der Waals surface area (Å²) in [6, 6.07) is 2.25. The van der Waals surface area contributed by atoms with Crippen LogP contribution < -0.4 is 10.6 Å². The molecule has 2 rings (SSSR count). The third-order valence-corrected chi connectivity index (χ3v) is 2.77. The Balaban J connectivity index is 2.00. The van der Waals surface area contributed by atoms with Crippen LogP contribution in [0, 0.1) is 10.1 Å². The predicted molar refractivity (Wildman–Crippen MR) is 60.3 cm³/mol. The van der Waals surface area contributed by atoms with Crippen LogP contribution in [0.5, 0.6) is 0 Å². The minimum absolute atomic E-state index is 0.0801. The van der Waals surface area contributed by atoms with Crippen molar-refractivity contribution in [2.45, 2.75) is 12.1 Å². The number of rotatable bonds is 4. The number of nitrogens with zero attached hydrogens (tertiary/aromatic N) is 1. The van der Waals surface area contributed by atoms with Crippen molar-refractivity contribution in [1.82, 2.24) is 10.6 Å². The van der Waals surface area contributed by atoms with Gasteiger partial charge in [-0.1, -0.05) is 0 Å². The van der Waals surface area contributed by atoms with E-state index >= 15 is 0 Å². The van der Waals surface area contributed by atoms with Gasteiger partial charge in [0.05, 0.1) is 18.2 Å². The monoisotopic (exact) mass is 255 g/mol. The zero-order valence-electron chi connectivity index (χ0n) is 9.71. The summed E-state index contributed by atoms with van der Waals surface area (Å²) < 4.78 is 10.0. The molecule has 1 fully saturated rings. The lowest BCUT2D eigenvalue weighted by Crippen LogP contribution is -2.43. The highest BCUT2D eigenvalue weighted by molar-refractivity contribution is 5.92. The lowest BCUT2D eigenvalue weighted by atomic mass is 10.2. The first-order valence-corrected chi connectivity index (χ1v) is 5.40. The van der Waals surface area contributed by atoms with Crippen LogP contribution in [0.4, 0.5) is 5.88 Å². The van der Waals surface area contributed by atoms with Crippen molar-refractivity contribution in [2.24, 2.45) is 0 Å². The molecule has 0 aromatic carbocycles. The van der Waals surface area contributed by atoms with E-state index in [9.17, 15) is 14.9 Å². The molecule has 1 amide bonds. The second kappa shape index (κ2) is 5.15. The fourth-order valence-corrected chi connectivity index (χ4v) is 1.83. The molecular weight excluding hydrogens is 242 g/mol.